The lowest BCUT2D eigenvalue weighted by Gasteiger charge is -2.29. The Balaban J connectivity index is 1.89. The van der Waals surface area contributed by atoms with Crippen LogP contribution in [0.4, 0.5) is 0 Å². The molecular formula is C21H25NO3. The summed E-state index contributed by atoms with van der Waals surface area (Å²) in [6.07, 6.45) is 1.84. The SMILES string of the molecule is COc1ccccc1C1(NC(=O)C(C)(C)c2ccccc2OC)CC1. The van der Waals surface area contributed by atoms with Crippen LogP contribution in [0.1, 0.15) is 37.8 Å². The van der Waals surface area contributed by atoms with Crippen molar-refractivity contribution < 1.29 is 14.3 Å². The number of nitrogens with one attached hydrogen (secondary N) is 1. The topological polar surface area (TPSA) is 47.6 Å². The molecule has 2 aromatic carbocycles. The van der Waals surface area contributed by atoms with E-state index in [0.717, 1.165) is 35.5 Å². The van der Waals surface area contributed by atoms with E-state index in [0.29, 0.717) is 0 Å². The van der Waals surface area contributed by atoms with Gasteiger partial charge in [-0.3, -0.25) is 4.79 Å². The predicted octanol–water partition coefficient (Wildman–Crippen LogP) is 3.79. The molecule has 1 aliphatic carbocycles. The number of rotatable bonds is 6. The van der Waals surface area contributed by atoms with E-state index in [2.05, 4.69) is 5.32 Å². The van der Waals surface area contributed by atoms with Crippen LogP contribution in [0.5, 0.6) is 11.5 Å². The van der Waals surface area contributed by atoms with Crippen LogP contribution >= 0.6 is 0 Å². The first-order valence-corrected chi connectivity index (χ1v) is 8.54. The molecule has 1 saturated carbocycles. The molecule has 0 atom stereocenters. The molecule has 0 heterocycles. The minimum Gasteiger partial charge on any atom is -0.496 e. The van der Waals surface area contributed by atoms with Gasteiger partial charge in [0.05, 0.1) is 25.2 Å². The Labute approximate surface area is 149 Å². The van der Waals surface area contributed by atoms with E-state index < -0.39 is 5.41 Å². The van der Waals surface area contributed by atoms with Gasteiger partial charge in [-0.25, -0.2) is 0 Å². The van der Waals surface area contributed by atoms with Gasteiger partial charge in [-0.2, -0.15) is 0 Å². The molecule has 0 aliphatic heterocycles. The van der Waals surface area contributed by atoms with Crippen molar-refractivity contribution in [1.29, 1.82) is 0 Å². The summed E-state index contributed by atoms with van der Waals surface area (Å²) in [5, 5.41) is 3.27. The Hall–Kier alpha value is -2.49. The third kappa shape index (κ3) is 3.09. The van der Waals surface area contributed by atoms with E-state index in [-0.39, 0.29) is 11.4 Å². The zero-order valence-electron chi connectivity index (χ0n) is 15.3. The molecule has 1 amide bonds. The van der Waals surface area contributed by atoms with Crippen molar-refractivity contribution in [2.75, 3.05) is 14.2 Å². The molecule has 0 radical (unpaired) electrons. The number of benzene rings is 2. The highest BCUT2D eigenvalue weighted by molar-refractivity contribution is 5.89. The summed E-state index contributed by atoms with van der Waals surface area (Å²) < 4.78 is 10.9. The molecule has 25 heavy (non-hydrogen) atoms. The number of carbonyl (C=O) groups excluding carboxylic acids is 1. The van der Waals surface area contributed by atoms with Crippen LogP contribution in [0.15, 0.2) is 48.5 Å². The smallest absolute Gasteiger partial charge is 0.230 e. The molecule has 0 spiro atoms. The van der Waals surface area contributed by atoms with Crippen molar-refractivity contribution >= 4 is 5.91 Å². The van der Waals surface area contributed by atoms with Crippen LogP contribution in [-0.4, -0.2) is 20.1 Å². The first kappa shape index (κ1) is 17.3. The normalized spacial score (nSPS) is 15.4. The highest BCUT2D eigenvalue weighted by atomic mass is 16.5. The zero-order valence-corrected chi connectivity index (χ0v) is 15.3. The second-order valence-electron chi connectivity index (χ2n) is 7.06. The number of ether oxygens (including phenoxy) is 2. The van der Waals surface area contributed by atoms with Crippen molar-refractivity contribution in [3.8, 4) is 11.5 Å². The maximum absolute atomic E-state index is 13.2. The monoisotopic (exact) mass is 339 g/mol. The minimum atomic E-state index is -0.704. The molecule has 0 unspecified atom stereocenters. The van der Waals surface area contributed by atoms with Gasteiger partial charge in [0.1, 0.15) is 11.5 Å². The number of amides is 1. The quantitative estimate of drug-likeness (QED) is 0.871. The average molecular weight is 339 g/mol. The number of hydrogen-bond donors (Lipinski definition) is 1. The van der Waals surface area contributed by atoms with Crippen molar-refractivity contribution in [2.24, 2.45) is 0 Å². The van der Waals surface area contributed by atoms with Crippen LogP contribution in [-0.2, 0) is 15.7 Å². The Kier molecular flexibility index (Phi) is 4.46. The van der Waals surface area contributed by atoms with Gasteiger partial charge in [-0.05, 0) is 38.8 Å². The summed E-state index contributed by atoms with van der Waals surface area (Å²) in [7, 11) is 3.29. The summed E-state index contributed by atoms with van der Waals surface area (Å²) in [4.78, 5) is 13.2. The van der Waals surface area contributed by atoms with Crippen molar-refractivity contribution in [2.45, 2.75) is 37.6 Å². The maximum atomic E-state index is 13.2. The zero-order chi connectivity index (χ0) is 18.1. The van der Waals surface area contributed by atoms with Gasteiger partial charge in [-0.15, -0.1) is 0 Å². The van der Waals surface area contributed by atoms with Gasteiger partial charge in [0.25, 0.3) is 0 Å². The third-order valence-electron chi connectivity index (χ3n) is 5.07. The number of carbonyl (C=O) groups is 1. The van der Waals surface area contributed by atoms with Gasteiger partial charge < -0.3 is 14.8 Å². The molecule has 0 aromatic heterocycles. The fourth-order valence-corrected chi connectivity index (χ4v) is 3.28. The molecule has 3 rings (SSSR count). The highest BCUT2D eigenvalue weighted by Crippen LogP contribution is 2.49. The van der Waals surface area contributed by atoms with E-state index in [1.54, 1.807) is 14.2 Å². The van der Waals surface area contributed by atoms with Crippen LogP contribution in [0.3, 0.4) is 0 Å². The number of para-hydroxylation sites is 2. The largest absolute Gasteiger partial charge is 0.496 e. The van der Waals surface area contributed by atoms with Crippen LogP contribution in [0.25, 0.3) is 0 Å². The Morgan fingerprint density at radius 2 is 1.52 bits per heavy atom. The molecule has 2 aromatic rings. The highest BCUT2D eigenvalue weighted by Gasteiger charge is 2.49. The summed E-state index contributed by atoms with van der Waals surface area (Å²) >= 11 is 0. The van der Waals surface area contributed by atoms with Crippen molar-refractivity contribution in [1.82, 2.24) is 5.32 Å². The van der Waals surface area contributed by atoms with Crippen LogP contribution < -0.4 is 14.8 Å². The summed E-state index contributed by atoms with van der Waals surface area (Å²) in [6.45, 7) is 3.86. The fraction of sp³-hybridized carbons (Fsp3) is 0.381. The van der Waals surface area contributed by atoms with Crippen LogP contribution in [0, 0.1) is 0 Å². The van der Waals surface area contributed by atoms with E-state index in [1.807, 2.05) is 62.4 Å². The molecule has 0 bridgehead atoms. The summed E-state index contributed by atoms with van der Waals surface area (Å²) in [5.74, 6) is 1.53. The first-order chi connectivity index (χ1) is 11.9. The predicted molar refractivity (Wildman–Crippen MR) is 98.1 cm³/mol. The Morgan fingerprint density at radius 3 is 2.12 bits per heavy atom. The van der Waals surface area contributed by atoms with Gasteiger partial charge in [0.2, 0.25) is 5.91 Å². The molecule has 1 aliphatic rings. The van der Waals surface area contributed by atoms with E-state index in [9.17, 15) is 4.79 Å². The van der Waals surface area contributed by atoms with Crippen LogP contribution in [0.2, 0.25) is 0 Å². The first-order valence-electron chi connectivity index (χ1n) is 8.54. The second-order valence-corrected chi connectivity index (χ2v) is 7.06. The average Bonchev–Trinajstić information content (AvgIpc) is 3.42. The van der Waals surface area contributed by atoms with Gasteiger partial charge in [0.15, 0.2) is 0 Å². The molecule has 132 valence electrons. The Bertz CT molecular complexity index is 778. The van der Waals surface area contributed by atoms with Gasteiger partial charge in [-0.1, -0.05) is 36.4 Å². The van der Waals surface area contributed by atoms with Crippen molar-refractivity contribution in [3.05, 3.63) is 59.7 Å². The van der Waals surface area contributed by atoms with E-state index in [1.165, 1.54) is 0 Å². The molecule has 1 N–H and O–H groups in total. The standard InChI is InChI=1S/C21H25NO3/c1-20(2,15-9-5-7-11-17(15)24-3)19(23)22-21(13-14-21)16-10-6-8-12-18(16)25-4/h5-12H,13-14H2,1-4H3,(H,22,23). The number of hydrogen-bond acceptors (Lipinski definition) is 3. The summed E-state index contributed by atoms with van der Waals surface area (Å²) in [6, 6.07) is 15.6. The fourth-order valence-electron chi connectivity index (χ4n) is 3.28. The lowest BCUT2D eigenvalue weighted by Crippen LogP contribution is -2.45. The summed E-state index contributed by atoms with van der Waals surface area (Å²) in [5.41, 5.74) is 0.889. The third-order valence-corrected chi connectivity index (χ3v) is 5.07. The van der Waals surface area contributed by atoms with E-state index >= 15 is 0 Å². The molecule has 0 saturated heterocycles. The van der Waals surface area contributed by atoms with E-state index in [4.69, 9.17) is 9.47 Å². The molecular weight excluding hydrogens is 314 g/mol. The lowest BCUT2D eigenvalue weighted by molar-refractivity contribution is -0.126. The second kappa shape index (κ2) is 6.43. The van der Waals surface area contributed by atoms with Gasteiger partial charge in [0, 0.05) is 11.1 Å². The number of methoxy groups -OCH3 is 2. The molecule has 1 fully saturated rings. The molecule has 4 heteroatoms. The van der Waals surface area contributed by atoms with Crippen molar-refractivity contribution in [3.63, 3.8) is 0 Å². The minimum absolute atomic E-state index is 0.0135. The maximum Gasteiger partial charge on any atom is 0.230 e. The van der Waals surface area contributed by atoms with Gasteiger partial charge >= 0.3 is 0 Å². The Morgan fingerprint density at radius 1 is 0.960 bits per heavy atom. The molecule has 4 nitrogen and oxygen atoms in total. The lowest BCUT2D eigenvalue weighted by atomic mass is 9.82.